The number of likely N-dealkylation sites (N-methyl/N-ethyl adjacent to an activating group) is 1. The monoisotopic (exact) mass is 218 g/mol. The number of rotatable bonds is 8. The van der Waals surface area contributed by atoms with Crippen molar-refractivity contribution in [2.45, 2.75) is 19.9 Å². The number of nitrogens with zero attached hydrogens (tertiary/aromatic N) is 1. The SMILES string of the molecule is CC(C)N(C)C(=O)CNCCOCCO. The smallest absolute Gasteiger partial charge is 0.236 e. The highest BCUT2D eigenvalue weighted by molar-refractivity contribution is 5.78. The summed E-state index contributed by atoms with van der Waals surface area (Å²) in [6, 6.07) is 0.227. The Morgan fingerprint density at radius 1 is 1.47 bits per heavy atom. The Kier molecular flexibility index (Phi) is 8.27. The number of aliphatic hydroxyl groups excluding tert-OH is 1. The summed E-state index contributed by atoms with van der Waals surface area (Å²) in [6.07, 6.45) is 0. The van der Waals surface area contributed by atoms with Gasteiger partial charge in [-0.2, -0.15) is 0 Å². The van der Waals surface area contributed by atoms with Crippen LogP contribution in [0.25, 0.3) is 0 Å². The maximum absolute atomic E-state index is 11.5. The van der Waals surface area contributed by atoms with E-state index in [1.54, 1.807) is 11.9 Å². The van der Waals surface area contributed by atoms with Crippen LogP contribution in [0.2, 0.25) is 0 Å². The molecular weight excluding hydrogens is 196 g/mol. The van der Waals surface area contributed by atoms with E-state index in [0.717, 1.165) is 0 Å². The summed E-state index contributed by atoms with van der Waals surface area (Å²) >= 11 is 0. The number of carbonyl (C=O) groups is 1. The summed E-state index contributed by atoms with van der Waals surface area (Å²) in [6.45, 7) is 5.80. The van der Waals surface area contributed by atoms with Gasteiger partial charge in [-0.15, -0.1) is 0 Å². The first kappa shape index (κ1) is 14.3. The van der Waals surface area contributed by atoms with Gasteiger partial charge in [0.15, 0.2) is 0 Å². The molecule has 0 bridgehead atoms. The second-order valence-corrected chi connectivity index (χ2v) is 3.61. The van der Waals surface area contributed by atoms with Gasteiger partial charge in [0.05, 0.1) is 26.4 Å². The van der Waals surface area contributed by atoms with Crippen molar-refractivity contribution in [3.05, 3.63) is 0 Å². The van der Waals surface area contributed by atoms with Crippen LogP contribution >= 0.6 is 0 Å². The van der Waals surface area contributed by atoms with Crippen molar-refractivity contribution in [1.82, 2.24) is 10.2 Å². The van der Waals surface area contributed by atoms with Gasteiger partial charge in [-0.25, -0.2) is 0 Å². The maximum atomic E-state index is 11.5. The van der Waals surface area contributed by atoms with Gasteiger partial charge in [-0.3, -0.25) is 4.79 Å². The Bertz CT molecular complexity index is 174. The molecule has 0 fully saturated rings. The maximum Gasteiger partial charge on any atom is 0.236 e. The summed E-state index contributed by atoms with van der Waals surface area (Å²) in [7, 11) is 1.79. The number of hydrogen-bond acceptors (Lipinski definition) is 4. The minimum atomic E-state index is 0.0367. The minimum absolute atomic E-state index is 0.0367. The van der Waals surface area contributed by atoms with Gasteiger partial charge in [0.1, 0.15) is 0 Å². The van der Waals surface area contributed by atoms with Crippen LogP contribution in [0, 0.1) is 0 Å². The van der Waals surface area contributed by atoms with Gasteiger partial charge in [0.2, 0.25) is 5.91 Å². The molecule has 0 saturated heterocycles. The number of nitrogens with one attached hydrogen (secondary N) is 1. The standard InChI is InChI=1S/C10H22N2O3/c1-9(2)12(3)10(14)8-11-4-6-15-7-5-13/h9,11,13H,4-8H2,1-3H3. The molecule has 0 aromatic rings. The molecule has 90 valence electrons. The highest BCUT2D eigenvalue weighted by Crippen LogP contribution is 1.92. The molecule has 5 nitrogen and oxygen atoms in total. The largest absolute Gasteiger partial charge is 0.394 e. The second-order valence-electron chi connectivity index (χ2n) is 3.61. The van der Waals surface area contributed by atoms with Crippen molar-refractivity contribution < 1.29 is 14.6 Å². The molecule has 2 N–H and O–H groups in total. The highest BCUT2D eigenvalue weighted by Gasteiger charge is 2.10. The molecule has 0 aromatic heterocycles. The molecule has 0 aliphatic heterocycles. The van der Waals surface area contributed by atoms with Crippen LogP contribution in [0.1, 0.15) is 13.8 Å². The highest BCUT2D eigenvalue weighted by atomic mass is 16.5. The number of ether oxygens (including phenoxy) is 1. The third kappa shape index (κ3) is 7.30. The van der Waals surface area contributed by atoms with Gasteiger partial charge in [-0.05, 0) is 13.8 Å². The summed E-state index contributed by atoms with van der Waals surface area (Å²) in [5.41, 5.74) is 0. The zero-order valence-electron chi connectivity index (χ0n) is 9.82. The Labute approximate surface area is 91.4 Å². The van der Waals surface area contributed by atoms with Gasteiger partial charge in [0, 0.05) is 19.6 Å². The average molecular weight is 218 g/mol. The zero-order valence-corrected chi connectivity index (χ0v) is 9.82. The lowest BCUT2D eigenvalue weighted by Gasteiger charge is -2.21. The van der Waals surface area contributed by atoms with E-state index in [1.807, 2.05) is 13.8 Å². The lowest BCUT2D eigenvalue weighted by molar-refractivity contribution is -0.130. The van der Waals surface area contributed by atoms with E-state index in [4.69, 9.17) is 9.84 Å². The van der Waals surface area contributed by atoms with Gasteiger partial charge in [0.25, 0.3) is 0 Å². The summed E-state index contributed by atoms with van der Waals surface area (Å²) < 4.78 is 5.04. The van der Waals surface area contributed by atoms with Crippen LogP contribution < -0.4 is 5.32 Å². The lowest BCUT2D eigenvalue weighted by atomic mass is 10.3. The van der Waals surface area contributed by atoms with E-state index < -0.39 is 0 Å². The van der Waals surface area contributed by atoms with Crippen LogP contribution in [-0.4, -0.2) is 61.9 Å². The lowest BCUT2D eigenvalue weighted by Crippen LogP contribution is -2.40. The first-order chi connectivity index (χ1) is 7.09. The summed E-state index contributed by atoms with van der Waals surface area (Å²) in [5, 5.41) is 11.4. The van der Waals surface area contributed by atoms with Crippen molar-refractivity contribution in [3.63, 3.8) is 0 Å². The van der Waals surface area contributed by atoms with Crippen LogP contribution in [0.15, 0.2) is 0 Å². The van der Waals surface area contributed by atoms with Crippen molar-refractivity contribution in [2.24, 2.45) is 0 Å². The van der Waals surface area contributed by atoms with Crippen molar-refractivity contribution in [2.75, 3.05) is 40.0 Å². The van der Waals surface area contributed by atoms with Crippen molar-refractivity contribution in [1.29, 1.82) is 0 Å². The molecule has 0 aliphatic rings. The molecule has 0 rings (SSSR count). The Morgan fingerprint density at radius 2 is 2.13 bits per heavy atom. The Balaban J connectivity index is 3.39. The molecule has 15 heavy (non-hydrogen) atoms. The van der Waals surface area contributed by atoms with E-state index in [-0.39, 0.29) is 18.6 Å². The average Bonchev–Trinajstić information content (AvgIpc) is 2.21. The number of aliphatic hydroxyl groups is 1. The van der Waals surface area contributed by atoms with Crippen molar-refractivity contribution >= 4 is 5.91 Å². The van der Waals surface area contributed by atoms with Crippen molar-refractivity contribution in [3.8, 4) is 0 Å². The van der Waals surface area contributed by atoms with E-state index >= 15 is 0 Å². The quantitative estimate of drug-likeness (QED) is 0.537. The third-order valence-corrected chi connectivity index (χ3v) is 2.10. The first-order valence-corrected chi connectivity index (χ1v) is 5.24. The number of hydrogen-bond donors (Lipinski definition) is 2. The van der Waals surface area contributed by atoms with Crippen LogP contribution in [0.4, 0.5) is 0 Å². The molecule has 0 heterocycles. The second kappa shape index (κ2) is 8.64. The molecule has 1 amide bonds. The molecule has 5 heteroatoms. The third-order valence-electron chi connectivity index (χ3n) is 2.10. The normalized spacial score (nSPS) is 10.7. The fourth-order valence-corrected chi connectivity index (χ4v) is 0.919. The van der Waals surface area contributed by atoms with Gasteiger partial charge >= 0.3 is 0 Å². The molecule has 0 unspecified atom stereocenters. The van der Waals surface area contributed by atoms with E-state index in [1.165, 1.54) is 0 Å². The van der Waals surface area contributed by atoms with E-state index in [9.17, 15) is 4.79 Å². The Hall–Kier alpha value is -0.650. The first-order valence-electron chi connectivity index (χ1n) is 5.24. The predicted octanol–water partition coefficient (Wildman–Crippen LogP) is -0.548. The van der Waals surface area contributed by atoms with Gasteiger partial charge < -0.3 is 20.1 Å². The Morgan fingerprint density at radius 3 is 2.67 bits per heavy atom. The molecule has 0 aromatic carbocycles. The van der Waals surface area contributed by atoms with Gasteiger partial charge in [-0.1, -0.05) is 0 Å². The number of amides is 1. The minimum Gasteiger partial charge on any atom is -0.394 e. The molecule has 0 atom stereocenters. The molecule has 0 aliphatic carbocycles. The molecular formula is C10H22N2O3. The fraction of sp³-hybridized carbons (Fsp3) is 0.900. The van der Waals surface area contributed by atoms with E-state index in [2.05, 4.69) is 5.32 Å². The fourth-order valence-electron chi connectivity index (χ4n) is 0.919. The molecule has 0 saturated carbocycles. The predicted molar refractivity (Wildman–Crippen MR) is 58.7 cm³/mol. The van der Waals surface area contributed by atoms with Crippen LogP contribution in [-0.2, 0) is 9.53 Å². The zero-order chi connectivity index (χ0) is 11.7. The molecule has 0 spiro atoms. The topological polar surface area (TPSA) is 61.8 Å². The molecule has 0 radical (unpaired) electrons. The van der Waals surface area contributed by atoms with Crippen LogP contribution in [0.3, 0.4) is 0 Å². The number of carbonyl (C=O) groups excluding carboxylic acids is 1. The van der Waals surface area contributed by atoms with Crippen LogP contribution in [0.5, 0.6) is 0 Å². The summed E-state index contributed by atoms with van der Waals surface area (Å²) in [5.74, 6) is 0.0761. The van der Waals surface area contributed by atoms with E-state index in [0.29, 0.717) is 26.3 Å². The summed E-state index contributed by atoms with van der Waals surface area (Å²) in [4.78, 5) is 13.2.